The molecule has 0 saturated heterocycles. The number of hydrogen-bond acceptors (Lipinski definition) is 7. The van der Waals surface area contributed by atoms with Crippen molar-refractivity contribution in [2.45, 2.75) is 0 Å². The number of nitrogens with one attached hydrogen (secondary N) is 3. The van der Waals surface area contributed by atoms with Gasteiger partial charge < -0.3 is 14.8 Å². The maximum absolute atomic E-state index is 12.1. The monoisotopic (exact) mass is 421 g/mol. The molecule has 154 valence electrons. The molecule has 0 spiro atoms. The highest BCUT2D eigenvalue weighted by Gasteiger charge is 2.17. The van der Waals surface area contributed by atoms with Gasteiger partial charge in [-0.1, -0.05) is 12.1 Å². The molecule has 10 nitrogen and oxygen atoms in total. The molecule has 0 aliphatic carbocycles. The molecule has 0 saturated carbocycles. The fourth-order valence-electron chi connectivity index (χ4n) is 2.16. The van der Waals surface area contributed by atoms with E-state index in [4.69, 9.17) is 9.47 Å². The Labute approximate surface area is 167 Å². The van der Waals surface area contributed by atoms with Crippen LogP contribution in [0.1, 0.15) is 10.4 Å². The van der Waals surface area contributed by atoms with Gasteiger partial charge in [0.05, 0.1) is 24.6 Å². The molecule has 0 radical (unpaired) electrons. The molecular weight excluding hydrogens is 402 g/mol. The quantitative estimate of drug-likeness (QED) is 0.577. The molecule has 0 heterocycles. The third kappa shape index (κ3) is 7.14. The van der Waals surface area contributed by atoms with Crippen molar-refractivity contribution in [1.29, 1.82) is 0 Å². The number of esters is 1. The number of sulfonamides is 1. The lowest BCUT2D eigenvalue weighted by Gasteiger charge is -2.11. The Morgan fingerprint density at radius 2 is 1.66 bits per heavy atom. The zero-order chi connectivity index (χ0) is 21.4. The van der Waals surface area contributed by atoms with Crippen molar-refractivity contribution in [3.8, 4) is 5.75 Å². The lowest BCUT2D eigenvalue weighted by Crippen LogP contribution is -2.37. The largest absolute Gasteiger partial charge is 0.497 e. The number of amides is 3. The summed E-state index contributed by atoms with van der Waals surface area (Å²) in [4.78, 5) is 35.8. The minimum absolute atomic E-state index is 0.0117. The topological polar surface area (TPSA) is 140 Å². The Hall–Kier alpha value is -3.60. The molecule has 3 amide bonds. The molecule has 0 aromatic heterocycles. The fourth-order valence-corrected chi connectivity index (χ4v) is 2.74. The van der Waals surface area contributed by atoms with Gasteiger partial charge in [-0.25, -0.2) is 18.0 Å². The van der Waals surface area contributed by atoms with E-state index in [0.29, 0.717) is 11.4 Å². The zero-order valence-corrected chi connectivity index (χ0v) is 16.4. The average Bonchev–Trinajstić information content (AvgIpc) is 2.66. The molecule has 0 fully saturated rings. The van der Waals surface area contributed by atoms with Crippen LogP contribution in [0.25, 0.3) is 0 Å². The van der Waals surface area contributed by atoms with Crippen LogP contribution in [0.4, 0.5) is 16.2 Å². The van der Waals surface area contributed by atoms with Crippen molar-refractivity contribution in [2.75, 3.05) is 30.0 Å². The first-order chi connectivity index (χ1) is 13.7. The predicted octanol–water partition coefficient (Wildman–Crippen LogP) is 1.57. The zero-order valence-electron chi connectivity index (χ0n) is 15.6. The number of anilines is 2. The van der Waals surface area contributed by atoms with E-state index in [9.17, 15) is 22.8 Å². The molecule has 3 N–H and O–H groups in total. The van der Waals surface area contributed by atoms with Crippen LogP contribution in [0.15, 0.2) is 48.5 Å². The standard InChI is InChI=1S/C18H19N3O7S/c1-27-13-9-7-12(8-10-13)19-18(24)20-16(22)11-28-17(23)14-5-3-4-6-15(14)21-29(2,25)26/h3-10,21H,11H2,1-2H3,(H2,19,20,22,24). The van der Waals surface area contributed by atoms with Gasteiger partial charge in [0, 0.05) is 5.69 Å². The van der Waals surface area contributed by atoms with E-state index in [1.54, 1.807) is 24.3 Å². The SMILES string of the molecule is COc1ccc(NC(=O)NC(=O)COC(=O)c2ccccc2NS(C)(=O)=O)cc1. The van der Waals surface area contributed by atoms with Crippen molar-refractivity contribution in [2.24, 2.45) is 0 Å². The Morgan fingerprint density at radius 1 is 1.00 bits per heavy atom. The summed E-state index contributed by atoms with van der Waals surface area (Å²) in [6.07, 6.45) is 0.935. The first-order valence-electron chi connectivity index (χ1n) is 8.17. The third-order valence-corrected chi connectivity index (χ3v) is 3.97. The summed E-state index contributed by atoms with van der Waals surface area (Å²) < 4.78 is 34.8. The molecule has 0 bridgehead atoms. The van der Waals surface area contributed by atoms with Crippen molar-refractivity contribution in [1.82, 2.24) is 5.32 Å². The van der Waals surface area contributed by atoms with Crippen molar-refractivity contribution >= 4 is 39.3 Å². The summed E-state index contributed by atoms with van der Waals surface area (Å²) in [6, 6.07) is 11.3. The Bertz CT molecular complexity index is 1000. The van der Waals surface area contributed by atoms with Crippen LogP contribution in [0.5, 0.6) is 5.75 Å². The maximum Gasteiger partial charge on any atom is 0.340 e. The number of ether oxygens (including phenoxy) is 2. The van der Waals surface area contributed by atoms with Crippen LogP contribution in [0.3, 0.4) is 0 Å². The molecule has 29 heavy (non-hydrogen) atoms. The number of rotatable bonds is 7. The molecular formula is C18H19N3O7S. The van der Waals surface area contributed by atoms with Crippen molar-refractivity contribution < 1.29 is 32.3 Å². The summed E-state index contributed by atoms with van der Waals surface area (Å²) in [5.74, 6) is -1.19. The Balaban J connectivity index is 1.88. The van der Waals surface area contributed by atoms with Gasteiger partial charge in [0.15, 0.2) is 6.61 Å². The number of hydrogen-bond donors (Lipinski definition) is 3. The van der Waals surface area contributed by atoms with E-state index in [2.05, 4.69) is 10.0 Å². The summed E-state index contributed by atoms with van der Waals surface area (Å²) in [5.41, 5.74) is 0.361. The molecule has 0 aliphatic heterocycles. The van der Waals surface area contributed by atoms with E-state index < -0.39 is 34.5 Å². The third-order valence-electron chi connectivity index (χ3n) is 3.38. The van der Waals surface area contributed by atoms with E-state index in [0.717, 1.165) is 6.26 Å². The van der Waals surface area contributed by atoms with E-state index in [1.165, 1.54) is 31.4 Å². The fraction of sp³-hybridized carbons (Fsp3) is 0.167. The van der Waals surface area contributed by atoms with E-state index >= 15 is 0 Å². The van der Waals surface area contributed by atoms with Crippen LogP contribution < -0.4 is 20.1 Å². The first-order valence-corrected chi connectivity index (χ1v) is 10.1. The van der Waals surface area contributed by atoms with E-state index in [1.807, 2.05) is 5.32 Å². The van der Waals surface area contributed by atoms with Crippen LogP contribution in [0.2, 0.25) is 0 Å². The second-order valence-electron chi connectivity index (χ2n) is 5.73. The highest BCUT2D eigenvalue weighted by molar-refractivity contribution is 7.92. The minimum atomic E-state index is -3.61. The average molecular weight is 421 g/mol. The normalized spacial score (nSPS) is 10.6. The summed E-state index contributed by atoms with van der Waals surface area (Å²) >= 11 is 0. The number of para-hydroxylation sites is 1. The molecule has 11 heteroatoms. The lowest BCUT2D eigenvalue weighted by atomic mass is 10.2. The number of carbonyl (C=O) groups excluding carboxylic acids is 3. The summed E-state index contributed by atoms with van der Waals surface area (Å²) in [6.45, 7) is -0.734. The van der Waals surface area contributed by atoms with Crippen LogP contribution in [-0.4, -0.2) is 46.3 Å². The van der Waals surface area contributed by atoms with Crippen LogP contribution in [0, 0.1) is 0 Å². The summed E-state index contributed by atoms with van der Waals surface area (Å²) in [5, 5.41) is 4.44. The van der Waals surface area contributed by atoms with E-state index in [-0.39, 0.29) is 11.3 Å². The van der Waals surface area contributed by atoms with Gasteiger partial charge in [0.1, 0.15) is 5.75 Å². The second kappa shape index (κ2) is 9.55. The maximum atomic E-state index is 12.1. The number of benzene rings is 2. The van der Waals surface area contributed by atoms with Gasteiger partial charge in [-0.15, -0.1) is 0 Å². The highest BCUT2D eigenvalue weighted by Crippen LogP contribution is 2.17. The number of methoxy groups -OCH3 is 1. The highest BCUT2D eigenvalue weighted by atomic mass is 32.2. The van der Waals surface area contributed by atoms with Crippen molar-refractivity contribution in [3.63, 3.8) is 0 Å². The molecule has 0 unspecified atom stereocenters. The van der Waals surface area contributed by atoms with Crippen LogP contribution >= 0.6 is 0 Å². The Kier molecular flexibility index (Phi) is 7.15. The lowest BCUT2D eigenvalue weighted by molar-refractivity contribution is -0.123. The van der Waals surface area contributed by atoms with Gasteiger partial charge in [-0.2, -0.15) is 0 Å². The molecule has 2 rings (SSSR count). The van der Waals surface area contributed by atoms with Gasteiger partial charge in [-0.3, -0.25) is 14.8 Å². The summed E-state index contributed by atoms with van der Waals surface area (Å²) in [7, 11) is -2.11. The Morgan fingerprint density at radius 3 is 2.28 bits per heavy atom. The predicted molar refractivity (Wildman–Crippen MR) is 105 cm³/mol. The molecule has 2 aromatic rings. The molecule has 2 aromatic carbocycles. The number of imide groups is 1. The first kappa shape index (κ1) is 21.7. The van der Waals surface area contributed by atoms with Gasteiger partial charge in [-0.05, 0) is 36.4 Å². The molecule has 0 atom stereocenters. The number of carbonyl (C=O) groups is 3. The second-order valence-corrected chi connectivity index (χ2v) is 7.48. The van der Waals surface area contributed by atoms with Gasteiger partial charge >= 0.3 is 12.0 Å². The van der Waals surface area contributed by atoms with Gasteiger partial charge in [0.2, 0.25) is 10.0 Å². The van der Waals surface area contributed by atoms with Gasteiger partial charge in [0.25, 0.3) is 5.91 Å². The smallest absolute Gasteiger partial charge is 0.340 e. The number of urea groups is 1. The molecule has 0 aliphatic rings. The van der Waals surface area contributed by atoms with Crippen LogP contribution in [-0.2, 0) is 19.6 Å². The minimum Gasteiger partial charge on any atom is -0.497 e. The van der Waals surface area contributed by atoms with Crippen molar-refractivity contribution in [3.05, 3.63) is 54.1 Å².